The Hall–Kier alpha value is -3.80. The number of hydrogen-bond donors (Lipinski definition) is 1. The molecule has 1 aliphatic heterocycles. The molecular weight excluding hydrogens is 428 g/mol. The quantitative estimate of drug-likeness (QED) is 0.471. The van der Waals surface area contributed by atoms with E-state index >= 15 is 0 Å². The number of rotatable bonds is 6. The molecular formula is C19H16N4O7S. The number of fused-ring (bicyclic) bond motifs is 2. The van der Waals surface area contributed by atoms with Crippen LogP contribution in [0.4, 0.5) is 5.82 Å². The lowest BCUT2D eigenvalue weighted by atomic mass is 10.2. The molecule has 4 aromatic rings. The van der Waals surface area contributed by atoms with Crippen LogP contribution in [0.2, 0.25) is 0 Å². The van der Waals surface area contributed by atoms with E-state index in [-0.39, 0.29) is 34.3 Å². The van der Waals surface area contributed by atoms with Gasteiger partial charge in [0.1, 0.15) is 29.8 Å². The number of pyridine rings is 1. The van der Waals surface area contributed by atoms with Gasteiger partial charge in [0.25, 0.3) is 10.0 Å². The highest BCUT2D eigenvalue weighted by Gasteiger charge is 2.28. The van der Waals surface area contributed by atoms with E-state index in [0.29, 0.717) is 35.7 Å². The molecule has 1 aliphatic rings. The normalized spacial score (nSPS) is 13.3. The van der Waals surface area contributed by atoms with Crippen LogP contribution in [0.1, 0.15) is 11.4 Å². The number of nitrogens with zero attached hydrogens (tertiary/aromatic N) is 3. The van der Waals surface area contributed by atoms with Crippen molar-refractivity contribution >= 4 is 26.8 Å². The molecule has 12 heteroatoms. The molecule has 160 valence electrons. The van der Waals surface area contributed by atoms with Crippen LogP contribution in [-0.4, -0.2) is 43.9 Å². The second-order valence-electron chi connectivity index (χ2n) is 6.57. The third-order valence-corrected chi connectivity index (χ3v) is 5.93. The molecule has 1 aromatic carbocycles. The van der Waals surface area contributed by atoms with Crippen molar-refractivity contribution in [3.63, 3.8) is 0 Å². The number of nitrogens with one attached hydrogen (secondary N) is 1. The van der Waals surface area contributed by atoms with Gasteiger partial charge in [0.15, 0.2) is 29.3 Å². The van der Waals surface area contributed by atoms with Gasteiger partial charge in [0.2, 0.25) is 5.88 Å². The molecule has 31 heavy (non-hydrogen) atoms. The zero-order chi connectivity index (χ0) is 21.4. The summed E-state index contributed by atoms with van der Waals surface area (Å²) in [5.74, 6) is 0.608. The summed E-state index contributed by atoms with van der Waals surface area (Å²) in [5.41, 5.74) is 1.56. The Kier molecular flexibility index (Phi) is 4.62. The molecule has 0 fully saturated rings. The number of oxazole rings is 1. The third-order valence-electron chi connectivity index (χ3n) is 4.56. The summed E-state index contributed by atoms with van der Waals surface area (Å²) in [4.78, 5) is 8.41. The van der Waals surface area contributed by atoms with Crippen LogP contribution >= 0.6 is 0 Å². The Bertz CT molecular complexity index is 1350. The molecule has 11 nitrogen and oxygen atoms in total. The van der Waals surface area contributed by atoms with Gasteiger partial charge in [-0.05, 0) is 12.1 Å². The molecule has 0 aliphatic carbocycles. The van der Waals surface area contributed by atoms with Gasteiger partial charge >= 0.3 is 0 Å². The van der Waals surface area contributed by atoms with E-state index in [1.54, 1.807) is 18.2 Å². The third kappa shape index (κ3) is 3.50. The molecule has 0 amide bonds. The van der Waals surface area contributed by atoms with E-state index in [0.717, 1.165) is 0 Å². The van der Waals surface area contributed by atoms with Crippen LogP contribution < -0.4 is 18.9 Å². The first-order chi connectivity index (χ1) is 15.0. The molecule has 0 saturated carbocycles. The lowest BCUT2D eigenvalue weighted by molar-refractivity contribution is 0.167. The minimum Gasteiger partial charge on any atom is -0.486 e. The van der Waals surface area contributed by atoms with Gasteiger partial charge < -0.3 is 23.2 Å². The summed E-state index contributed by atoms with van der Waals surface area (Å²) in [5, 5.41) is 4.16. The lowest BCUT2D eigenvalue weighted by Crippen LogP contribution is -2.20. The average molecular weight is 444 g/mol. The summed E-state index contributed by atoms with van der Waals surface area (Å²) < 4.78 is 55.3. The number of hydrogen-bond acceptors (Lipinski definition) is 10. The van der Waals surface area contributed by atoms with Crippen LogP contribution in [0.25, 0.3) is 11.0 Å². The number of anilines is 1. The van der Waals surface area contributed by atoms with Crippen molar-refractivity contribution in [1.82, 2.24) is 15.1 Å². The maximum atomic E-state index is 13.1. The molecule has 0 spiro atoms. The highest BCUT2D eigenvalue weighted by Crippen LogP contribution is 2.38. The maximum Gasteiger partial charge on any atom is 0.266 e. The maximum absolute atomic E-state index is 13.1. The molecule has 0 radical (unpaired) electrons. The summed E-state index contributed by atoms with van der Waals surface area (Å²) in [7, 11) is -2.65. The average Bonchev–Trinajstić information content (AvgIpc) is 3.43. The fraction of sp³-hybridized carbons (Fsp3) is 0.211. The smallest absolute Gasteiger partial charge is 0.266 e. The first-order valence-electron chi connectivity index (χ1n) is 9.17. The van der Waals surface area contributed by atoms with Gasteiger partial charge in [-0.3, -0.25) is 4.72 Å². The van der Waals surface area contributed by atoms with E-state index in [4.69, 9.17) is 23.2 Å². The second kappa shape index (κ2) is 7.47. The Labute approximate surface area is 176 Å². The highest BCUT2D eigenvalue weighted by atomic mass is 32.2. The standard InChI is InChI=1S/C19H16N4O7S/c1-26-19-16-14(8-11(21-19)7-12-9-27-10-20-12)30-22-18(16)23-31(24,25)15-4-2-3-13-17(15)29-6-5-28-13/h2-4,8-10H,5-7H2,1H3,(H,22,23). The topological polar surface area (TPSA) is 139 Å². The summed E-state index contributed by atoms with van der Waals surface area (Å²) >= 11 is 0. The molecule has 0 atom stereocenters. The minimum absolute atomic E-state index is 0.0540. The number of para-hydroxylation sites is 1. The summed E-state index contributed by atoms with van der Waals surface area (Å²) in [6, 6.07) is 6.27. The van der Waals surface area contributed by atoms with Crippen LogP contribution in [0, 0.1) is 0 Å². The van der Waals surface area contributed by atoms with Crippen molar-refractivity contribution in [3.8, 4) is 17.4 Å². The monoisotopic (exact) mass is 444 g/mol. The zero-order valence-electron chi connectivity index (χ0n) is 16.2. The SMILES string of the molecule is COc1nc(Cc2cocn2)cc2onc(NS(=O)(=O)c3cccc4c3OCCO4)c12. The Morgan fingerprint density at radius 1 is 1.19 bits per heavy atom. The molecule has 5 rings (SSSR count). The highest BCUT2D eigenvalue weighted by molar-refractivity contribution is 7.92. The first-order valence-corrected chi connectivity index (χ1v) is 10.7. The molecule has 0 unspecified atom stereocenters. The van der Waals surface area contributed by atoms with Crippen molar-refractivity contribution in [2.75, 3.05) is 25.0 Å². The number of ether oxygens (including phenoxy) is 3. The zero-order valence-corrected chi connectivity index (χ0v) is 17.0. The van der Waals surface area contributed by atoms with E-state index in [1.165, 1.54) is 25.8 Å². The minimum atomic E-state index is -4.08. The fourth-order valence-corrected chi connectivity index (χ4v) is 4.40. The van der Waals surface area contributed by atoms with Crippen LogP contribution in [0.3, 0.4) is 0 Å². The van der Waals surface area contributed by atoms with Gasteiger partial charge in [-0.1, -0.05) is 11.2 Å². The van der Waals surface area contributed by atoms with Gasteiger partial charge in [0, 0.05) is 12.5 Å². The van der Waals surface area contributed by atoms with E-state index in [2.05, 4.69) is 19.8 Å². The van der Waals surface area contributed by atoms with Crippen molar-refractivity contribution in [1.29, 1.82) is 0 Å². The van der Waals surface area contributed by atoms with Gasteiger partial charge in [-0.2, -0.15) is 0 Å². The van der Waals surface area contributed by atoms with Crippen molar-refractivity contribution in [2.45, 2.75) is 11.3 Å². The predicted octanol–water partition coefficient (Wildman–Crippen LogP) is 2.38. The van der Waals surface area contributed by atoms with Crippen molar-refractivity contribution < 1.29 is 31.6 Å². The van der Waals surface area contributed by atoms with Crippen LogP contribution in [-0.2, 0) is 16.4 Å². The largest absolute Gasteiger partial charge is 0.486 e. The Morgan fingerprint density at radius 2 is 2.06 bits per heavy atom. The van der Waals surface area contributed by atoms with E-state index < -0.39 is 10.0 Å². The van der Waals surface area contributed by atoms with Crippen LogP contribution in [0.15, 0.2) is 50.8 Å². The van der Waals surface area contributed by atoms with Gasteiger partial charge in [-0.25, -0.2) is 18.4 Å². The summed E-state index contributed by atoms with van der Waals surface area (Å²) in [6.07, 6.45) is 3.20. The Balaban J connectivity index is 1.52. The molecule has 0 bridgehead atoms. The lowest BCUT2D eigenvalue weighted by Gasteiger charge is -2.20. The van der Waals surface area contributed by atoms with E-state index in [1.807, 2.05) is 0 Å². The molecule has 1 N–H and O–H groups in total. The first kappa shape index (κ1) is 19.2. The van der Waals surface area contributed by atoms with Crippen molar-refractivity contribution in [3.05, 3.63) is 48.3 Å². The van der Waals surface area contributed by atoms with Crippen LogP contribution in [0.5, 0.6) is 17.4 Å². The summed E-state index contributed by atoms with van der Waals surface area (Å²) in [6.45, 7) is 0.593. The second-order valence-corrected chi connectivity index (χ2v) is 8.22. The van der Waals surface area contributed by atoms with Gasteiger partial charge in [0.05, 0.1) is 18.5 Å². The van der Waals surface area contributed by atoms with E-state index in [9.17, 15) is 8.42 Å². The predicted molar refractivity (Wildman–Crippen MR) is 106 cm³/mol. The number of sulfonamides is 1. The van der Waals surface area contributed by atoms with Crippen molar-refractivity contribution in [2.24, 2.45) is 0 Å². The number of benzene rings is 1. The Morgan fingerprint density at radius 3 is 2.87 bits per heavy atom. The molecule has 0 saturated heterocycles. The number of aromatic nitrogens is 3. The van der Waals surface area contributed by atoms with Gasteiger partial charge in [-0.15, -0.1) is 0 Å². The molecule has 3 aromatic heterocycles. The fourth-order valence-electron chi connectivity index (χ4n) is 3.24. The molecule has 4 heterocycles. The number of methoxy groups -OCH3 is 1.